The van der Waals surface area contributed by atoms with Crippen LogP contribution in [-0.4, -0.2) is 18.6 Å². The van der Waals surface area contributed by atoms with Crippen molar-refractivity contribution in [2.75, 3.05) is 6.54 Å². The highest BCUT2D eigenvalue weighted by atomic mass is 15.0. The number of hydrogen-bond donors (Lipinski definition) is 2. The molecule has 3 atom stereocenters. The van der Waals surface area contributed by atoms with Crippen LogP contribution < -0.4 is 10.6 Å². The molecule has 20 heavy (non-hydrogen) atoms. The lowest BCUT2D eigenvalue weighted by atomic mass is 9.79. The standard InChI is InChI=1S/C18H28N2/c1-14-6-4-7-15(12-14)13-20-18-9-3-2-8-16(18)17-10-5-11-19-17/h4,6-7,12,16-20H,2-3,5,8-11,13H2,1H3. The van der Waals surface area contributed by atoms with E-state index in [-0.39, 0.29) is 0 Å². The smallest absolute Gasteiger partial charge is 0.0208 e. The summed E-state index contributed by atoms with van der Waals surface area (Å²) in [6.45, 7) is 4.43. The highest BCUT2D eigenvalue weighted by molar-refractivity contribution is 5.22. The van der Waals surface area contributed by atoms with E-state index in [1.165, 1.54) is 56.2 Å². The Balaban J connectivity index is 1.59. The van der Waals surface area contributed by atoms with Gasteiger partial charge in [0.05, 0.1) is 0 Å². The Labute approximate surface area is 123 Å². The summed E-state index contributed by atoms with van der Waals surface area (Å²) in [6, 6.07) is 10.4. The van der Waals surface area contributed by atoms with Crippen LogP contribution in [0.25, 0.3) is 0 Å². The molecule has 0 radical (unpaired) electrons. The molecule has 1 aliphatic carbocycles. The van der Waals surface area contributed by atoms with E-state index in [0.29, 0.717) is 6.04 Å². The van der Waals surface area contributed by atoms with Gasteiger partial charge >= 0.3 is 0 Å². The van der Waals surface area contributed by atoms with E-state index in [1.807, 2.05) is 0 Å². The molecule has 3 unspecified atom stereocenters. The highest BCUT2D eigenvalue weighted by Crippen LogP contribution is 2.30. The van der Waals surface area contributed by atoms with Crippen LogP contribution in [0.4, 0.5) is 0 Å². The van der Waals surface area contributed by atoms with Crippen LogP contribution in [0.15, 0.2) is 24.3 Å². The summed E-state index contributed by atoms with van der Waals surface area (Å²) >= 11 is 0. The Hall–Kier alpha value is -0.860. The van der Waals surface area contributed by atoms with Crippen LogP contribution in [0.2, 0.25) is 0 Å². The zero-order chi connectivity index (χ0) is 13.8. The van der Waals surface area contributed by atoms with E-state index in [4.69, 9.17) is 0 Å². The fourth-order valence-corrected chi connectivity index (χ4v) is 4.04. The zero-order valence-corrected chi connectivity index (χ0v) is 12.7. The normalized spacial score (nSPS) is 30.6. The lowest BCUT2D eigenvalue weighted by Gasteiger charge is -2.36. The number of rotatable bonds is 4. The van der Waals surface area contributed by atoms with E-state index in [9.17, 15) is 0 Å². The Morgan fingerprint density at radius 3 is 2.85 bits per heavy atom. The van der Waals surface area contributed by atoms with Crippen LogP contribution in [0.1, 0.15) is 49.7 Å². The van der Waals surface area contributed by atoms with Gasteiger partial charge in [0.2, 0.25) is 0 Å². The lowest BCUT2D eigenvalue weighted by molar-refractivity contribution is 0.213. The SMILES string of the molecule is Cc1cccc(CNC2CCCCC2C2CCCN2)c1. The van der Waals surface area contributed by atoms with Gasteiger partial charge in [-0.1, -0.05) is 42.7 Å². The first-order valence-corrected chi connectivity index (χ1v) is 8.35. The summed E-state index contributed by atoms with van der Waals surface area (Å²) in [7, 11) is 0. The Morgan fingerprint density at radius 1 is 1.15 bits per heavy atom. The first-order chi connectivity index (χ1) is 9.83. The summed E-state index contributed by atoms with van der Waals surface area (Å²) in [6.07, 6.45) is 8.33. The molecule has 1 aromatic carbocycles. The summed E-state index contributed by atoms with van der Waals surface area (Å²) in [5.74, 6) is 0.844. The van der Waals surface area contributed by atoms with Crippen LogP contribution in [0.3, 0.4) is 0 Å². The average molecular weight is 272 g/mol. The van der Waals surface area contributed by atoms with E-state index in [1.54, 1.807) is 0 Å². The van der Waals surface area contributed by atoms with Gasteiger partial charge in [-0.05, 0) is 50.6 Å². The summed E-state index contributed by atoms with van der Waals surface area (Å²) < 4.78 is 0. The molecule has 1 saturated carbocycles. The predicted molar refractivity (Wildman–Crippen MR) is 84.8 cm³/mol. The Morgan fingerprint density at radius 2 is 2.05 bits per heavy atom. The fourth-order valence-electron chi connectivity index (χ4n) is 4.04. The van der Waals surface area contributed by atoms with Crippen molar-refractivity contribution in [1.29, 1.82) is 0 Å². The molecular formula is C18H28N2. The lowest BCUT2D eigenvalue weighted by Crippen LogP contribution is -2.46. The minimum absolute atomic E-state index is 0.708. The molecule has 3 rings (SSSR count). The minimum atomic E-state index is 0.708. The van der Waals surface area contributed by atoms with Crippen molar-refractivity contribution in [2.24, 2.45) is 5.92 Å². The van der Waals surface area contributed by atoms with Gasteiger partial charge in [0.1, 0.15) is 0 Å². The van der Waals surface area contributed by atoms with Crippen molar-refractivity contribution in [2.45, 2.75) is 64.1 Å². The van der Waals surface area contributed by atoms with E-state index in [0.717, 1.165) is 18.5 Å². The fraction of sp³-hybridized carbons (Fsp3) is 0.667. The molecule has 2 heteroatoms. The van der Waals surface area contributed by atoms with Gasteiger partial charge in [-0.2, -0.15) is 0 Å². The minimum Gasteiger partial charge on any atom is -0.314 e. The monoisotopic (exact) mass is 272 g/mol. The van der Waals surface area contributed by atoms with Crippen LogP contribution in [0, 0.1) is 12.8 Å². The maximum atomic E-state index is 3.85. The Bertz CT molecular complexity index is 423. The second-order valence-corrected chi connectivity index (χ2v) is 6.63. The van der Waals surface area contributed by atoms with Gasteiger partial charge in [-0.3, -0.25) is 0 Å². The van der Waals surface area contributed by atoms with Gasteiger partial charge in [-0.15, -0.1) is 0 Å². The van der Waals surface area contributed by atoms with Crippen molar-refractivity contribution in [3.63, 3.8) is 0 Å². The van der Waals surface area contributed by atoms with Crippen LogP contribution in [0.5, 0.6) is 0 Å². The second-order valence-electron chi connectivity index (χ2n) is 6.63. The predicted octanol–water partition coefficient (Wildman–Crippen LogP) is 3.40. The molecule has 1 aliphatic heterocycles. The maximum Gasteiger partial charge on any atom is 0.0208 e. The number of hydrogen-bond acceptors (Lipinski definition) is 2. The molecule has 2 N–H and O–H groups in total. The first-order valence-electron chi connectivity index (χ1n) is 8.35. The molecular weight excluding hydrogens is 244 g/mol. The van der Waals surface area contributed by atoms with Crippen molar-refractivity contribution >= 4 is 0 Å². The largest absolute Gasteiger partial charge is 0.314 e. The number of benzene rings is 1. The van der Waals surface area contributed by atoms with Crippen LogP contribution in [-0.2, 0) is 6.54 Å². The van der Waals surface area contributed by atoms with Crippen molar-refractivity contribution < 1.29 is 0 Å². The molecule has 2 fully saturated rings. The molecule has 2 aliphatic rings. The third-order valence-electron chi connectivity index (χ3n) is 5.09. The first kappa shape index (κ1) is 14.1. The molecule has 1 heterocycles. The third-order valence-corrected chi connectivity index (χ3v) is 5.09. The third kappa shape index (κ3) is 3.42. The van der Waals surface area contributed by atoms with Gasteiger partial charge in [0.15, 0.2) is 0 Å². The second kappa shape index (κ2) is 6.73. The quantitative estimate of drug-likeness (QED) is 0.878. The molecule has 0 spiro atoms. The molecule has 1 saturated heterocycles. The van der Waals surface area contributed by atoms with Gasteiger partial charge in [0, 0.05) is 18.6 Å². The molecule has 2 nitrogen and oxygen atoms in total. The van der Waals surface area contributed by atoms with E-state index in [2.05, 4.69) is 41.8 Å². The molecule has 0 amide bonds. The number of nitrogens with one attached hydrogen (secondary N) is 2. The molecule has 1 aromatic rings. The van der Waals surface area contributed by atoms with E-state index < -0.39 is 0 Å². The molecule has 0 aromatic heterocycles. The summed E-state index contributed by atoms with van der Waals surface area (Å²) in [4.78, 5) is 0. The molecule has 0 bridgehead atoms. The van der Waals surface area contributed by atoms with Gasteiger partial charge < -0.3 is 10.6 Å². The van der Waals surface area contributed by atoms with Crippen LogP contribution >= 0.6 is 0 Å². The molecule has 110 valence electrons. The van der Waals surface area contributed by atoms with Crippen molar-refractivity contribution in [3.05, 3.63) is 35.4 Å². The maximum absolute atomic E-state index is 3.85. The summed E-state index contributed by atoms with van der Waals surface area (Å²) in [5.41, 5.74) is 2.79. The zero-order valence-electron chi connectivity index (χ0n) is 12.7. The Kier molecular flexibility index (Phi) is 4.74. The topological polar surface area (TPSA) is 24.1 Å². The average Bonchev–Trinajstić information content (AvgIpc) is 3.00. The van der Waals surface area contributed by atoms with Crippen molar-refractivity contribution in [1.82, 2.24) is 10.6 Å². The van der Waals surface area contributed by atoms with E-state index >= 15 is 0 Å². The highest BCUT2D eigenvalue weighted by Gasteiger charge is 2.32. The number of aryl methyl sites for hydroxylation is 1. The van der Waals surface area contributed by atoms with Crippen molar-refractivity contribution in [3.8, 4) is 0 Å². The van der Waals surface area contributed by atoms with Gasteiger partial charge in [0.25, 0.3) is 0 Å². The van der Waals surface area contributed by atoms with Gasteiger partial charge in [-0.25, -0.2) is 0 Å². The summed E-state index contributed by atoms with van der Waals surface area (Å²) in [5, 5.41) is 7.58.